The van der Waals surface area contributed by atoms with E-state index < -0.39 is 5.82 Å². The van der Waals surface area contributed by atoms with Crippen molar-refractivity contribution in [3.8, 4) is 22.9 Å². The van der Waals surface area contributed by atoms with Crippen LogP contribution in [0.5, 0.6) is 11.8 Å². The van der Waals surface area contributed by atoms with Gasteiger partial charge in [0.2, 0.25) is 0 Å². The van der Waals surface area contributed by atoms with Crippen LogP contribution in [0.3, 0.4) is 0 Å². The molecule has 1 aliphatic heterocycles. The average molecular weight is 575 g/mol. The number of ether oxygens (including phenoxy) is 1. The minimum Gasteiger partial charge on any atom is -0.508 e. The summed E-state index contributed by atoms with van der Waals surface area (Å²) in [4.78, 5) is 11.8. The van der Waals surface area contributed by atoms with Crippen molar-refractivity contribution in [1.29, 1.82) is 0 Å². The van der Waals surface area contributed by atoms with E-state index in [0.717, 1.165) is 45.3 Å². The van der Waals surface area contributed by atoms with E-state index in [1.807, 2.05) is 20.0 Å². The highest BCUT2D eigenvalue weighted by Gasteiger charge is 2.43. The Balaban J connectivity index is 1.53. The molecule has 6 rings (SSSR count). The number of aryl methyl sites for hydroxylation is 1. The molecular weight excluding hydrogens is 534 g/mol. The van der Waals surface area contributed by atoms with Crippen molar-refractivity contribution in [1.82, 2.24) is 15.3 Å². The Hall–Kier alpha value is -3.52. The van der Waals surface area contributed by atoms with E-state index in [2.05, 4.69) is 29.0 Å². The smallest absolute Gasteiger partial charge is 0.319 e. The van der Waals surface area contributed by atoms with Gasteiger partial charge in [-0.3, -0.25) is 0 Å². The highest BCUT2D eigenvalue weighted by molar-refractivity contribution is 6.03. The average Bonchev–Trinajstić information content (AvgIpc) is 3.76. The lowest BCUT2D eigenvalue weighted by atomic mass is 9.92. The number of phenolic OH excluding ortho intramolecular Hbond substituents is 1. The molecule has 2 heterocycles. The molecule has 2 unspecified atom stereocenters. The van der Waals surface area contributed by atoms with Crippen molar-refractivity contribution >= 4 is 27.5 Å². The van der Waals surface area contributed by atoms with Crippen LogP contribution in [0.1, 0.15) is 52.0 Å². The number of benzene rings is 3. The van der Waals surface area contributed by atoms with Gasteiger partial charge in [-0.25, -0.2) is 8.78 Å². The van der Waals surface area contributed by atoms with Crippen molar-refractivity contribution in [3.63, 3.8) is 0 Å². The Labute approximate surface area is 246 Å². The summed E-state index contributed by atoms with van der Waals surface area (Å²) >= 11 is 0. The number of nitrogens with zero attached hydrogens (tertiary/aromatic N) is 3. The van der Waals surface area contributed by atoms with E-state index in [-0.39, 0.29) is 34.1 Å². The highest BCUT2D eigenvalue weighted by atomic mass is 19.1. The molecule has 42 heavy (non-hydrogen) atoms. The second-order valence-corrected chi connectivity index (χ2v) is 12.6. The lowest BCUT2D eigenvalue weighted by Gasteiger charge is -2.27. The molecule has 3 aromatic carbocycles. The van der Waals surface area contributed by atoms with Crippen molar-refractivity contribution < 1.29 is 18.6 Å². The van der Waals surface area contributed by atoms with Gasteiger partial charge in [0.25, 0.3) is 0 Å². The minimum atomic E-state index is -0.536. The van der Waals surface area contributed by atoms with Crippen molar-refractivity contribution in [3.05, 3.63) is 53.6 Å². The van der Waals surface area contributed by atoms with E-state index in [9.17, 15) is 9.50 Å². The summed E-state index contributed by atoms with van der Waals surface area (Å²) in [5.74, 6) is 0.731. The summed E-state index contributed by atoms with van der Waals surface area (Å²) in [5.41, 5.74) is 1.40. The van der Waals surface area contributed by atoms with Crippen LogP contribution in [0.25, 0.3) is 32.8 Å². The Bertz CT molecular complexity index is 1630. The molecule has 0 bridgehead atoms. The number of halogens is 2. The van der Waals surface area contributed by atoms with Gasteiger partial charge in [0, 0.05) is 36.0 Å². The lowest BCUT2D eigenvalue weighted by molar-refractivity contribution is 0.216. The van der Waals surface area contributed by atoms with Gasteiger partial charge in [-0.2, -0.15) is 9.97 Å². The molecule has 1 saturated heterocycles. The number of phenols is 1. The first-order valence-corrected chi connectivity index (χ1v) is 15.2. The molecule has 0 spiro atoms. The summed E-state index contributed by atoms with van der Waals surface area (Å²) in [7, 11) is 1.93. The number of fused-ring (bicyclic) bond motifs is 2. The zero-order valence-electron chi connectivity index (χ0n) is 24.9. The van der Waals surface area contributed by atoms with Crippen LogP contribution in [0.4, 0.5) is 14.6 Å². The Morgan fingerprint density at radius 1 is 1.02 bits per heavy atom. The van der Waals surface area contributed by atoms with Crippen molar-refractivity contribution in [2.24, 2.45) is 17.3 Å². The molecule has 2 atom stereocenters. The molecule has 1 aromatic heterocycles. The predicted molar refractivity (Wildman–Crippen MR) is 164 cm³/mol. The quantitative estimate of drug-likeness (QED) is 0.231. The molecule has 0 radical (unpaired) electrons. The topological polar surface area (TPSA) is 70.5 Å². The van der Waals surface area contributed by atoms with E-state index in [4.69, 9.17) is 9.72 Å². The van der Waals surface area contributed by atoms with Crippen molar-refractivity contribution in [2.45, 2.75) is 52.9 Å². The Morgan fingerprint density at radius 3 is 2.43 bits per heavy atom. The van der Waals surface area contributed by atoms with E-state index in [1.165, 1.54) is 12.1 Å². The van der Waals surface area contributed by atoms with Crippen molar-refractivity contribution in [2.75, 3.05) is 38.2 Å². The number of hydrogen-bond donors (Lipinski definition) is 2. The first-order chi connectivity index (χ1) is 20.2. The molecule has 222 valence electrons. The fourth-order valence-corrected chi connectivity index (χ4v) is 6.59. The maximum absolute atomic E-state index is 16.8. The van der Waals surface area contributed by atoms with Gasteiger partial charge in [0.1, 0.15) is 22.9 Å². The first kappa shape index (κ1) is 28.6. The molecular formula is C34H40F2N4O2. The fourth-order valence-electron chi connectivity index (χ4n) is 6.59. The number of aromatic nitrogens is 2. The molecule has 2 aliphatic rings. The zero-order chi connectivity index (χ0) is 29.6. The Morgan fingerprint density at radius 2 is 1.76 bits per heavy atom. The maximum Gasteiger partial charge on any atom is 0.319 e. The monoisotopic (exact) mass is 574 g/mol. The van der Waals surface area contributed by atoms with Crippen LogP contribution in [-0.4, -0.2) is 48.4 Å². The van der Waals surface area contributed by atoms with Crippen LogP contribution < -0.4 is 15.0 Å². The number of nitrogens with one attached hydrogen (secondary N) is 1. The standard InChI is InChI=1S/C34H40F2N4O2/c1-5-24-28(35)11-8-22-14-23(41)15-27(29(22)24)25-9-10-26-31(30(25)36)38-33(42-19-34(12-13-34)18-37-4)39-32(26)40-16-20(2)6-7-21(3)17-40/h8-11,14-15,20-21,37,41H,5-7,12-13,16-19H2,1-4H3. The van der Waals surface area contributed by atoms with E-state index in [1.54, 1.807) is 18.2 Å². The minimum absolute atomic E-state index is 0.00939. The highest BCUT2D eigenvalue weighted by Crippen LogP contribution is 2.45. The predicted octanol–water partition coefficient (Wildman–Crippen LogP) is 7.25. The molecule has 6 nitrogen and oxygen atoms in total. The maximum atomic E-state index is 16.8. The van der Waals surface area contributed by atoms with Crippen LogP contribution in [0.15, 0.2) is 36.4 Å². The molecule has 2 fully saturated rings. The van der Waals surface area contributed by atoms with Gasteiger partial charge in [-0.05, 0) is 97.2 Å². The zero-order valence-corrected chi connectivity index (χ0v) is 24.9. The largest absolute Gasteiger partial charge is 0.508 e. The van der Waals surface area contributed by atoms with Gasteiger partial charge >= 0.3 is 6.01 Å². The second kappa shape index (κ2) is 11.3. The molecule has 8 heteroatoms. The summed E-state index contributed by atoms with van der Waals surface area (Å²) < 4.78 is 37.9. The third kappa shape index (κ3) is 5.37. The summed E-state index contributed by atoms with van der Waals surface area (Å²) in [6.07, 6.45) is 4.83. The third-order valence-electron chi connectivity index (χ3n) is 9.09. The normalized spacial score (nSPS) is 20.2. The summed E-state index contributed by atoms with van der Waals surface area (Å²) in [6.45, 7) is 9.31. The van der Waals surface area contributed by atoms with Crippen LogP contribution in [0.2, 0.25) is 0 Å². The van der Waals surface area contributed by atoms with Gasteiger partial charge in [-0.15, -0.1) is 0 Å². The van der Waals surface area contributed by atoms with E-state index >= 15 is 4.39 Å². The second-order valence-electron chi connectivity index (χ2n) is 12.6. The van der Waals surface area contributed by atoms with Gasteiger partial charge < -0.3 is 20.1 Å². The first-order valence-electron chi connectivity index (χ1n) is 15.2. The molecule has 4 aromatic rings. The number of rotatable bonds is 8. The summed E-state index contributed by atoms with van der Waals surface area (Å²) in [6, 6.07) is 9.85. The van der Waals surface area contributed by atoms with Crippen LogP contribution in [0, 0.1) is 28.9 Å². The number of aromatic hydroxyl groups is 1. The van der Waals surface area contributed by atoms with Gasteiger partial charge in [0.05, 0.1) is 6.61 Å². The SMILES string of the molecule is CCc1c(F)ccc2cc(O)cc(-c3ccc4c(N5CC(C)CCC(C)C5)nc(OCC5(CNC)CC5)nc4c3F)c12. The Kier molecular flexibility index (Phi) is 7.68. The third-order valence-corrected chi connectivity index (χ3v) is 9.09. The van der Waals surface area contributed by atoms with Gasteiger partial charge in [0.15, 0.2) is 5.82 Å². The molecule has 1 saturated carbocycles. The number of hydrogen-bond acceptors (Lipinski definition) is 6. The molecule has 2 N–H and O–H groups in total. The number of anilines is 1. The molecule has 1 aliphatic carbocycles. The van der Waals surface area contributed by atoms with Crippen LogP contribution in [-0.2, 0) is 6.42 Å². The lowest BCUT2D eigenvalue weighted by Crippen LogP contribution is -2.31. The van der Waals surface area contributed by atoms with E-state index in [0.29, 0.717) is 58.0 Å². The fraction of sp³-hybridized carbons (Fsp3) is 0.471. The van der Waals surface area contributed by atoms with Gasteiger partial charge in [-0.1, -0.05) is 32.9 Å². The molecule has 0 amide bonds. The van der Waals surface area contributed by atoms with Crippen LogP contribution >= 0.6 is 0 Å². The summed E-state index contributed by atoms with van der Waals surface area (Å²) in [5, 5.41) is 15.7.